The number of nitrogens with zero attached hydrogens (tertiary/aromatic N) is 1. The molecule has 1 aliphatic carbocycles. The monoisotopic (exact) mass is 259 g/mol. The van der Waals surface area contributed by atoms with Gasteiger partial charge in [-0.05, 0) is 37.3 Å². The number of anilines is 1. The molecule has 2 nitrogen and oxygen atoms in total. The van der Waals surface area contributed by atoms with Gasteiger partial charge in [0.05, 0.1) is 12.7 Å². The van der Waals surface area contributed by atoms with Gasteiger partial charge >= 0.3 is 0 Å². The van der Waals surface area contributed by atoms with Crippen molar-refractivity contribution in [1.82, 2.24) is 0 Å². The number of rotatable bonds is 4. The van der Waals surface area contributed by atoms with Gasteiger partial charge in [-0.3, -0.25) is 0 Å². The van der Waals surface area contributed by atoms with E-state index in [1.165, 1.54) is 62.7 Å². The molecule has 3 rings (SSSR count). The van der Waals surface area contributed by atoms with Gasteiger partial charge in [-0.1, -0.05) is 37.5 Å². The number of benzene rings is 1. The van der Waals surface area contributed by atoms with E-state index in [1.807, 2.05) is 0 Å². The quantitative estimate of drug-likeness (QED) is 0.815. The molecule has 104 valence electrons. The third-order valence-electron chi connectivity index (χ3n) is 4.47. The van der Waals surface area contributed by atoms with Gasteiger partial charge in [0.1, 0.15) is 0 Å². The smallest absolute Gasteiger partial charge is 0.0645 e. The highest BCUT2D eigenvalue weighted by molar-refractivity contribution is 5.55. The van der Waals surface area contributed by atoms with E-state index in [1.54, 1.807) is 0 Å². The standard InChI is InChI=1S/C17H25NO/c1-2-9-16(10-3-1)19-14-13-18-12-6-8-15-7-4-5-11-17(15)18/h4-5,7,11,16H,1-3,6,8-10,12-14H2. The van der Waals surface area contributed by atoms with Gasteiger partial charge in [0, 0.05) is 18.8 Å². The van der Waals surface area contributed by atoms with Gasteiger partial charge in [-0.2, -0.15) is 0 Å². The molecule has 0 radical (unpaired) electrons. The van der Waals surface area contributed by atoms with E-state index in [0.29, 0.717) is 6.10 Å². The Bertz CT molecular complexity index is 398. The molecule has 1 aliphatic heterocycles. The third-order valence-corrected chi connectivity index (χ3v) is 4.47. The first kappa shape index (κ1) is 13.0. The Morgan fingerprint density at radius 2 is 1.89 bits per heavy atom. The van der Waals surface area contributed by atoms with Crippen LogP contribution in [0.25, 0.3) is 0 Å². The third kappa shape index (κ3) is 3.30. The molecule has 1 heterocycles. The number of aryl methyl sites for hydroxylation is 1. The first-order valence-corrected chi connectivity index (χ1v) is 7.88. The maximum Gasteiger partial charge on any atom is 0.0645 e. The zero-order chi connectivity index (χ0) is 12.9. The molecule has 0 unspecified atom stereocenters. The van der Waals surface area contributed by atoms with Gasteiger partial charge in [0.15, 0.2) is 0 Å². The highest BCUT2D eigenvalue weighted by atomic mass is 16.5. The van der Waals surface area contributed by atoms with Crippen LogP contribution in [-0.2, 0) is 11.2 Å². The maximum atomic E-state index is 6.06. The largest absolute Gasteiger partial charge is 0.376 e. The van der Waals surface area contributed by atoms with Crippen molar-refractivity contribution in [2.24, 2.45) is 0 Å². The summed E-state index contributed by atoms with van der Waals surface area (Å²) >= 11 is 0. The maximum absolute atomic E-state index is 6.06. The molecule has 0 aromatic heterocycles. The van der Waals surface area contributed by atoms with Gasteiger partial charge in [0.25, 0.3) is 0 Å². The summed E-state index contributed by atoms with van der Waals surface area (Å²) in [5, 5.41) is 0. The molecular weight excluding hydrogens is 234 g/mol. The van der Waals surface area contributed by atoms with Crippen molar-refractivity contribution in [2.75, 3.05) is 24.6 Å². The van der Waals surface area contributed by atoms with Crippen molar-refractivity contribution in [3.05, 3.63) is 29.8 Å². The lowest BCUT2D eigenvalue weighted by Gasteiger charge is -2.32. The average Bonchev–Trinajstić information content (AvgIpc) is 2.49. The van der Waals surface area contributed by atoms with E-state index in [-0.39, 0.29) is 0 Å². The van der Waals surface area contributed by atoms with Crippen LogP contribution in [0.5, 0.6) is 0 Å². The molecule has 2 aliphatic rings. The fourth-order valence-electron chi connectivity index (χ4n) is 3.41. The minimum absolute atomic E-state index is 0.536. The number of ether oxygens (including phenoxy) is 1. The van der Waals surface area contributed by atoms with Gasteiger partial charge in [-0.25, -0.2) is 0 Å². The summed E-state index contributed by atoms with van der Waals surface area (Å²) in [6.07, 6.45) is 9.71. The second kappa shape index (κ2) is 6.42. The first-order chi connectivity index (χ1) is 9.43. The Balaban J connectivity index is 1.50. The van der Waals surface area contributed by atoms with Crippen LogP contribution in [0, 0.1) is 0 Å². The second-order valence-electron chi connectivity index (χ2n) is 5.85. The highest BCUT2D eigenvalue weighted by Crippen LogP contribution is 2.26. The minimum atomic E-state index is 0.536. The van der Waals surface area contributed by atoms with Crippen molar-refractivity contribution in [1.29, 1.82) is 0 Å². The normalized spacial score (nSPS) is 20.3. The molecule has 0 spiro atoms. The Kier molecular flexibility index (Phi) is 4.39. The highest BCUT2D eigenvalue weighted by Gasteiger charge is 2.17. The Hall–Kier alpha value is -1.02. The second-order valence-corrected chi connectivity index (χ2v) is 5.85. The Morgan fingerprint density at radius 3 is 2.79 bits per heavy atom. The van der Waals surface area contributed by atoms with Crippen molar-refractivity contribution < 1.29 is 4.74 Å². The summed E-state index contributed by atoms with van der Waals surface area (Å²) < 4.78 is 6.06. The molecule has 0 atom stereocenters. The van der Waals surface area contributed by atoms with E-state index < -0.39 is 0 Å². The number of hydrogen-bond donors (Lipinski definition) is 0. The average molecular weight is 259 g/mol. The fraction of sp³-hybridized carbons (Fsp3) is 0.647. The van der Waals surface area contributed by atoms with Gasteiger partial charge in [0.2, 0.25) is 0 Å². The first-order valence-electron chi connectivity index (χ1n) is 7.88. The molecule has 0 bridgehead atoms. The fourth-order valence-corrected chi connectivity index (χ4v) is 3.41. The molecule has 0 N–H and O–H groups in total. The molecule has 0 saturated heterocycles. The lowest BCUT2D eigenvalue weighted by molar-refractivity contribution is 0.0325. The molecular formula is C17H25NO. The molecule has 1 saturated carbocycles. The van der Waals surface area contributed by atoms with Crippen LogP contribution in [-0.4, -0.2) is 25.8 Å². The van der Waals surface area contributed by atoms with Crippen LogP contribution < -0.4 is 4.90 Å². The molecule has 2 heteroatoms. The van der Waals surface area contributed by atoms with Crippen molar-refractivity contribution in [2.45, 2.75) is 51.0 Å². The van der Waals surface area contributed by atoms with Crippen LogP contribution in [0.1, 0.15) is 44.1 Å². The Morgan fingerprint density at radius 1 is 1.05 bits per heavy atom. The summed E-state index contributed by atoms with van der Waals surface area (Å²) in [6.45, 7) is 3.12. The summed E-state index contributed by atoms with van der Waals surface area (Å²) in [7, 11) is 0. The summed E-state index contributed by atoms with van der Waals surface area (Å²) in [6, 6.07) is 8.83. The van der Waals surface area contributed by atoms with Crippen LogP contribution in [0.15, 0.2) is 24.3 Å². The van der Waals surface area contributed by atoms with Gasteiger partial charge < -0.3 is 9.64 Å². The molecule has 1 aromatic carbocycles. The zero-order valence-electron chi connectivity index (χ0n) is 11.8. The predicted molar refractivity (Wildman–Crippen MR) is 79.8 cm³/mol. The zero-order valence-corrected chi connectivity index (χ0v) is 11.8. The van der Waals surface area contributed by atoms with Crippen molar-refractivity contribution in [3.8, 4) is 0 Å². The van der Waals surface area contributed by atoms with Crippen molar-refractivity contribution >= 4 is 5.69 Å². The van der Waals surface area contributed by atoms with Gasteiger partial charge in [-0.15, -0.1) is 0 Å². The number of para-hydroxylation sites is 1. The lowest BCUT2D eigenvalue weighted by atomic mass is 9.98. The summed E-state index contributed by atoms with van der Waals surface area (Å²) in [5.74, 6) is 0. The van der Waals surface area contributed by atoms with Crippen LogP contribution in [0.3, 0.4) is 0 Å². The molecule has 19 heavy (non-hydrogen) atoms. The summed E-state index contributed by atoms with van der Waals surface area (Å²) in [5.41, 5.74) is 2.94. The van der Waals surface area contributed by atoms with Crippen LogP contribution >= 0.6 is 0 Å². The summed E-state index contributed by atoms with van der Waals surface area (Å²) in [4.78, 5) is 2.50. The van der Waals surface area contributed by atoms with Crippen LogP contribution in [0.2, 0.25) is 0 Å². The lowest BCUT2D eigenvalue weighted by Crippen LogP contribution is -2.33. The van der Waals surface area contributed by atoms with E-state index in [4.69, 9.17) is 4.74 Å². The molecule has 0 amide bonds. The molecule has 1 fully saturated rings. The van der Waals surface area contributed by atoms with E-state index >= 15 is 0 Å². The van der Waals surface area contributed by atoms with E-state index in [2.05, 4.69) is 29.2 Å². The van der Waals surface area contributed by atoms with Crippen LogP contribution in [0.4, 0.5) is 5.69 Å². The van der Waals surface area contributed by atoms with Crippen molar-refractivity contribution in [3.63, 3.8) is 0 Å². The Labute approximate surface area is 116 Å². The number of hydrogen-bond acceptors (Lipinski definition) is 2. The molecule has 1 aromatic rings. The predicted octanol–water partition coefficient (Wildman–Crippen LogP) is 3.79. The minimum Gasteiger partial charge on any atom is -0.376 e. The van der Waals surface area contributed by atoms with E-state index in [9.17, 15) is 0 Å². The number of fused-ring (bicyclic) bond motifs is 1. The van der Waals surface area contributed by atoms with E-state index in [0.717, 1.165) is 13.2 Å². The SMILES string of the molecule is c1ccc2c(c1)CCCN2CCOC1CCCCC1. The topological polar surface area (TPSA) is 12.5 Å².